The van der Waals surface area contributed by atoms with Crippen molar-refractivity contribution in [3.63, 3.8) is 0 Å². The second-order valence-corrected chi connectivity index (χ2v) is 7.54. The maximum absolute atomic E-state index is 12.5. The molecule has 0 aromatic heterocycles. The van der Waals surface area contributed by atoms with Gasteiger partial charge in [0.1, 0.15) is 6.04 Å². The highest BCUT2D eigenvalue weighted by Crippen LogP contribution is 2.25. The van der Waals surface area contributed by atoms with Crippen molar-refractivity contribution >= 4 is 16.2 Å². The van der Waals surface area contributed by atoms with Crippen molar-refractivity contribution in [3.8, 4) is 0 Å². The summed E-state index contributed by atoms with van der Waals surface area (Å²) in [5.41, 5.74) is 0. The Bertz CT molecular complexity index is 413. The first-order valence-electron chi connectivity index (χ1n) is 6.66. The topological polar surface area (TPSA) is 77.9 Å². The molecule has 1 saturated heterocycles. The standard InChI is InChI=1S/C12H24N2O4S/c1-5-11(12(15)16)13(4)19(17,18)14-7-9(2)6-10(3)8-14/h9-11H,5-8H2,1-4H3,(H,15,16). The zero-order chi connectivity index (χ0) is 14.8. The van der Waals surface area contributed by atoms with Gasteiger partial charge in [-0.3, -0.25) is 4.79 Å². The molecular weight excluding hydrogens is 268 g/mol. The maximum Gasteiger partial charge on any atom is 0.322 e. The molecule has 1 aliphatic rings. The number of carboxylic acids is 1. The highest BCUT2D eigenvalue weighted by atomic mass is 32.2. The Morgan fingerprint density at radius 3 is 2.21 bits per heavy atom. The summed E-state index contributed by atoms with van der Waals surface area (Å²) in [6, 6.07) is -1.00. The summed E-state index contributed by atoms with van der Waals surface area (Å²) < 4.78 is 27.3. The van der Waals surface area contributed by atoms with E-state index in [-0.39, 0.29) is 6.42 Å². The number of rotatable bonds is 5. The Kier molecular flexibility index (Phi) is 5.34. The lowest BCUT2D eigenvalue weighted by atomic mass is 9.94. The summed E-state index contributed by atoms with van der Waals surface area (Å²) in [6.07, 6.45) is 1.26. The van der Waals surface area contributed by atoms with Gasteiger partial charge in [0.05, 0.1) is 0 Å². The molecule has 112 valence electrons. The third-order valence-electron chi connectivity index (χ3n) is 3.64. The van der Waals surface area contributed by atoms with Crippen molar-refractivity contribution in [1.82, 2.24) is 8.61 Å². The van der Waals surface area contributed by atoms with Crippen LogP contribution in [0.3, 0.4) is 0 Å². The number of likely N-dealkylation sites (N-methyl/N-ethyl adjacent to an activating group) is 1. The fourth-order valence-corrected chi connectivity index (χ4v) is 4.54. The molecule has 1 fully saturated rings. The summed E-state index contributed by atoms with van der Waals surface area (Å²) in [5, 5.41) is 9.08. The van der Waals surface area contributed by atoms with Crippen LogP contribution in [0.25, 0.3) is 0 Å². The summed E-state index contributed by atoms with van der Waals surface area (Å²) >= 11 is 0. The van der Waals surface area contributed by atoms with E-state index in [1.807, 2.05) is 13.8 Å². The van der Waals surface area contributed by atoms with E-state index in [0.29, 0.717) is 24.9 Å². The Balaban J connectivity index is 2.93. The number of piperidine rings is 1. The van der Waals surface area contributed by atoms with Crippen molar-refractivity contribution in [1.29, 1.82) is 0 Å². The SMILES string of the molecule is CCC(C(=O)O)N(C)S(=O)(=O)N1CC(C)CC(C)C1. The van der Waals surface area contributed by atoms with Crippen LogP contribution in [0.1, 0.15) is 33.6 Å². The van der Waals surface area contributed by atoms with Gasteiger partial charge in [0.15, 0.2) is 0 Å². The number of hydrogen-bond acceptors (Lipinski definition) is 3. The van der Waals surface area contributed by atoms with Crippen LogP contribution in [0.5, 0.6) is 0 Å². The number of carbonyl (C=O) groups is 1. The third-order valence-corrected chi connectivity index (χ3v) is 5.57. The van der Waals surface area contributed by atoms with Crippen LogP contribution in [0, 0.1) is 11.8 Å². The molecule has 3 atom stereocenters. The minimum Gasteiger partial charge on any atom is -0.480 e. The zero-order valence-corrected chi connectivity index (χ0v) is 12.9. The number of nitrogens with zero attached hydrogens (tertiary/aromatic N) is 2. The Morgan fingerprint density at radius 1 is 1.37 bits per heavy atom. The number of hydrogen-bond donors (Lipinski definition) is 1. The molecular formula is C12H24N2O4S. The minimum atomic E-state index is -3.70. The van der Waals surface area contributed by atoms with Gasteiger partial charge >= 0.3 is 5.97 Å². The Morgan fingerprint density at radius 2 is 1.84 bits per heavy atom. The van der Waals surface area contributed by atoms with Crippen molar-refractivity contribution < 1.29 is 18.3 Å². The molecule has 0 bridgehead atoms. The van der Waals surface area contributed by atoms with Crippen LogP contribution in [0.2, 0.25) is 0 Å². The van der Waals surface area contributed by atoms with E-state index in [0.717, 1.165) is 10.7 Å². The van der Waals surface area contributed by atoms with Crippen molar-refractivity contribution in [2.24, 2.45) is 11.8 Å². The van der Waals surface area contributed by atoms with E-state index in [2.05, 4.69) is 0 Å². The average molecular weight is 292 g/mol. The summed E-state index contributed by atoms with van der Waals surface area (Å²) in [5.74, 6) is -0.500. The Labute approximate surface area is 115 Å². The van der Waals surface area contributed by atoms with Gasteiger partial charge in [-0.25, -0.2) is 0 Å². The first kappa shape index (κ1) is 16.4. The molecule has 0 radical (unpaired) electrons. The van der Waals surface area contributed by atoms with Crippen molar-refractivity contribution in [2.45, 2.75) is 39.7 Å². The van der Waals surface area contributed by atoms with E-state index in [1.54, 1.807) is 6.92 Å². The highest BCUT2D eigenvalue weighted by molar-refractivity contribution is 7.86. The summed E-state index contributed by atoms with van der Waals surface area (Å²) in [4.78, 5) is 11.1. The maximum atomic E-state index is 12.5. The fourth-order valence-electron chi connectivity index (χ4n) is 2.72. The molecule has 0 amide bonds. The van der Waals surface area contributed by atoms with Gasteiger partial charge in [0, 0.05) is 20.1 Å². The molecule has 0 aliphatic carbocycles. The number of carboxylic acid groups (broad SMARTS) is 1. The molecule has 1 heterocycles. The zero-order valence-electron chi connectivity index (χ0n) is 12.0. The molecule has 6 nitrogen and oxygen atoms in total. The van der Waals surface area contributed by atoms with Crippen molar-refractivity contribution in [2.75, 3.05) is 20.1 Å². The molecule has 0 spiro atoms. The molecule has 0 aromatic carbocycles. The average Bonchev–Trinajstić information content (AvgIpc) is 2.27. The lowest BCUT2D eigenvalue weighted by Crippen LogP contribution is -2.52. The summed E-state index contributed by atoms with van der Waals surface area (Å²) in [7, 11) is -2.35. The summed E-state index contributed by atoms with van der Waals surface area (Å²) in [6.45, 7) is 6.64. The lowest BCUT2D eigenvalue weighted by molar-refractivity contribution is -0.141. The quantitative estimate of drug-likeness (QED) is 0.820. The van der Waals surface area contributed by atoms with Crippen LogP contribution in [0.15, 0.2) is 0 Å². The van der Waals surface area contributed by atoms with Crippen LogP contribution in [-0.4, -0.2) is 54.3 Å². The normalized spacial score (nSPS) is 27.4. The highest BCUT2D eigenvalue weighted by Gasteiger charge is 2.37. The van der Waals surface area contributed by atoms with E-state index >= 15 is 0 Å². The van der Waals surface area contributed by atoms with Gasteiger partial charge in [-0.2, -0.15) is 17.0 Å². The van der Waals surface area contributed by atoms with E-state index in [1.165, 1.54) is 11.4 Å². The predicted octanol–water partition coefficient (Wildman–Crippen LogP) is 1.00. The molecule has 0 saturated carbocycles. The van der Waals surface area contributed by atoms with Crippen LogP contribution in [-0.2, 0) is 15.0 Å². The first-order chi connectivity index (χ1) is 8.70. The van der Waals surface area contributed by atoms with Gasteiger partial charge in [0.25, 0.3) is 10.2 Å². The van der Waals surface area contributed by atoms with E-state index in [4.69, 9.17) is 5.11 Å². The lowest BCUT2D eigenvalue weighted by Gasteiger charge is -2.37. The van der Waals surface area contributed by atoms with Crippen LogP contribution >= 0.6 is 0 Å². The molecule has 19 heavy (non-hydrogen) atoms. The van der Waals surface area contributed by atoms with E-state index in [9.17, 15) is 13.2 Å². The Hall–Kier alpha value is -0.660. The van der Waals surface area contributed by atoms with Gasteiger partial charge in [-0.1, -0.05) is 20.8 Å². The third kappa shape index (κ3) is 3.67. The predicted molar refractivity (Wildman–Crippen MR) is 72.9 cm³/mol. The van der Waals surface area contributed by atoms with Gasteiger partial charge in [-0.05, 0) is 24.7 Å². The van der Waals surface area contributed by atoms with Gasteiger partial charge < -0.3 is 5.11 Å². The van der Waals surface area contributed by atoms with E-state index < -0.39 is 22.2 Å². The van der Waals surface area contributed by atoms with Gasteiger partial charge in [0.2, 0.25) is 0 Å². The first-order valence-corrected chi connectivity index (χ1v) is 8.05. The molecule has 7 heteroatoms. The molecule has 3 unspecified atom stereocenters. The van der Waals surface area contributed by atoms with Crippen LogP contribution < -0.4 is 0 Å². The molecule has 1 N–H and O–H groups in total. The van der Waals surface area contributed by atoms with Crippen molar-refractivity contribution in [3.05, 3.63) is 0 Å². The second-order valence-electron chi connectivity index (χ2n) is 5.55. The monoisotopic (exact) mass is 292 g/mol. The molecule has 1 aliphatic heterocycles. The van der Waals surface area contributed by atoms with Crippen LogP contribution in [0.4, 0.5) is 0 Å². The smallest absolute Gasteiger partial charge is 0.322 e. The number of aliphatic carboxylic acids is 1. The minimum absolute atomic E-state index is 0.254. The molecule has 1 rings (SSSR count). The fraction of sp³-hybridized carbons (Fsp3) is 0.917. The molecule has 0 aromatic rings. The van der Waals surface area contributed by atoms with Gasteiger partial charge in [-0.15, -0.1) is 0 Å². The second kappa shape index (κ2) is 6.19. The largest absolute Gasteiger partial charge is 0.480 e.